The maximum atomic E-state index is 3.26. The average Bonchev–Trinajstić information content (AvgIpc) is 3.25. The Labute approximate surface area is 273 Å². The van der Waals surface area contributed by atoms with Crippen LogP contribution >= 0.6 is 0 Å². The minimum Gasteiger partial charge on any atom is -0.310 e. The normalized spacial score (nSPS) is 12.4. The lowest BCUT2D eigenvalue weighted by molar-refractivity contribution is 1.28. The molecule has 0 N–H and O–H groups in total. The fraction of sp³-hybridized carbons (Fsp3) is 0. The summed E-state index contributed by atoms with van der Waals surface area (Å²) in [5, 5.41) is 2.26. The van der Waals surface area contributed by atoms with E-state index in [0.29, 0.717) is 0 Å². The number of allylic oxidation sites excluding steroid dienone is 1. The predicted molar refractivity (Wildman–Crippen MR) is 195 cm³/mol. The van der Waals surface area contributed by atoms with Gasteiger partial charge in [-0.1, -0.05) is 127 Å². The molecule has 0 heterocycles. The molecule has 1 nitrogen and oxygen atoms in total. The molecule has 0 aliphatic heterocycles. The van der Waals surface area contributed by atoms with Gasteiger partial charge < -0.3 is 4.90 Å². The van der Waals surface area contributed by atoms with E-state index < -0.39 is 0 Å². The summed E-state index contributed by atoms with van der Waals surface area (Å²) in [7, 11) is 0. The van der Waals surface area contributed by atoms with Crippen molar-refractivity contribution in [3.63, 3.8) is 0 Å². The summed E-state index contributed by atoms with van der Waals surface area (Å²) in [6.07, 6.45) is 2.04. The van der Waals surface area contributed by atoms with E-state index >= 15 is 0 Å². The minimum atomic E-state index is 1.08. The largest absolute Gasteiger partial charge is 0.310 e. The van der Waals surface area contributed by atoms with Gasteiger partial charge in [-0.25, -0.2) is 0 Å². The second-order valence-electron chi connectivity index (χ2n) is 12.3. The Bertz CT molecular complexity index is 2610. The van der Waals surface area contributed by atoms with Crippen LogP contribution in [0.1, 0.15) is 5.56 Å². The highest BCUT2D eigenvalue weighted by Gasteiger charge is 2.31. The third-order valence-corrected chi connectivity index (χ3v) is 9.82. The van der Waals surface area contributed by atoms with Gasteiger partial charge in [-0.05, 0) is 121 Å². The zero-order chi connectivity index (χ0) is 30.9. The molecule has 0 aromatic heterocycles. The maximum absolute atomic E-state index is 3.26. The zero-order valence-corrected chi connectivity index (χ0v) is 25.5. The van der Waals surface area contributed by atoms with Crippen molar-refractivity contribution in [2.45, 2.75) is 0 Å². The minimum absolute atomic E-state index is 1.08. The van der Waals surface area contributed by atoms with Gasteiger partial charge in [0.1, 0.15) is 0 Å². The number of para-hydroxylation sites is 1. The first-order chi connectivity index (χ1) is 23.3. The van der Waals surface area contributed by atoms with Crippen LogP contribution < -0.4 is 15.3 Å². The smallest absolute Gasteiger partial charge is 0.0468 e. The SMILES string of the molecule is C1=C=c2ccccc2=C(c2ccc(N(c3ccccc3)c3ccc4c(c3)-c3c5cccc3-c3cccc-4c3-c3ccccc3-5)cc2)C=1. The van der Waals surface area contributed by atoms with Crippen LogP contribution in [-0.2, 0) is 0 Å². The maximum Gasteiger partial charge on any atom is 0.0468 e. The zero-order valence-electron chi connectivity index (χ0n) is 25.5. The second kappa shape index (κ2) is 10.1. The number of nitrogens with zero attached hydrogens (tertiary/aromatic N) is 1. The number of benzene rings is 7. The first kappa shape index (κ1) is 25.9. The molecule has 0 atom stereocenters. The molecule has 0 saturated heterocycles. The fourth-order valence-corrected chi connectivity index (χ4v) is 7.78. The molecule has 0 fully saturated rings. The van der Waals surface area contributed by atoms with Gasteiger partial charge in [0, 0.05) is 22.3 Å². The van der Waals surface area contributed by atoms with Crippen molar-refractivity contribution < 1.29 is 0 Å². The van der Waals surface area contributed by atoms with Crippen molar-refractivity contribution in [1.29, 1.82) is 0 Å². The Morgan fingerprint density at radius 2 is 0.936 bits per heavy atom. The van der Waals surface area contributed by atoms with Crippen molar-refractivity contribution in [3.8, 4) is 55.6 Å². The summed E-state index contributed by atoms with van der Waals surface area (Å²) in [6, 6.07) is 57.5. The molecular formula is C46H27N. The van der Waals surface area contributed by atoms with Crippen LogP contribution in [0.2, 0.25) is 0 Å². The van der Waals surface area contributed by atoms with Gasteiger partial charge in [-0.2, -0.15) is 0 Å². The molecule has 3 aliphatic rings. The lowest BCUT2D eigenvalue weighted by Crippen LogP contribution is -2.26. The van der Waals surface area contributed by atoms with Gasteiger partial charge in [0.15, 0.2) is 0 Å². The molecule has 216 valence electrons. The van der Waals surface area contributed by atoms with Gasteiger partial charge in [-0.15, -0.1) is 0 Å². The number of fused-ring (bicyclic) bond motifs is 5. The summed E-state index contributed by atoms with van der Waals surface area (Å²) < 4.78 is 0. The Morgan fingerprint density at radius 1 is 0.383 bits per heavy atom. The molecule has 0 unspecified atom stereocenters. The Morgan fingerprint density at radius 3 is 1.70 bits per heavy atom. The Kier molecular flexibility index (Phi) is 5.56. The highest BCUT2D eigenvalue weighted by atomic mass is 15.1. The topological polar surface area (TPSA) is 3.24 Å². The fourth-order valence-electron chi connectivity index (χ4n) is 7.78. The van der Waals surface area contributed by atoms with Crippen LogP contribution in [0.3, 0.4) is 0 Å². The van der Waals surface area contributed by atoms with Crippen LogP contribution in [0.15, 0.2) is 170 Å². The van der Waals surface area contributed by atoms with Crippen LogP contribution in [0.25, 0.3) is 66.9 Å². The molecular weight excluding hydrogens is 567 g/mol. The molecule has 10 rings (SSSR count). The van der Waals surface area contributed by atoms with Crippen molar-refractivity contribution in [1.82, 2.24) is 0 Å². The lowest BCUT2D eigenvalue weighted by Gasteiger charge is -2.28. The van der Waals surface area contributed by atoms with E-state index in [4.69, 9.17) is 0 Å². The standard InChI is InChI=1S/C46H27N/c1-2-13-32(14-3-1)47(33-25-23-31(24-26-33)36-18-8-12-30-11-4-5-15-35(30)36)34-27-28-38-41-20-10-21-42-43-22-9-19-40(46(43)44(38)29-34)37-16-6-7-17-39(37)45(41)42/h1-7,9-11,13-29H. The quantitative estimate of drug-likeness (QED) is 0.184. The Hall–Kier alpha value is -6.36. The molecule has 47 heavy (non-hydrogen) atoms. The lowest BCUT2D eigenvalue weighted by atomic mass is 9.83. The summed E-state index contributed by atoms with van der Waals surface area (Å²) in [6.45, 7) is 0. The molecule has 0 radical (unpaired) electrons. The van der Waals surface area contributed by atoms with Gasteiger partial charge in [0.25, 0.3) is 0 Å². The van der Waals surface area contributed by atoms with Crippen molar-refractivity contribution in [3.05, 3.63) is 186 Å². The molecule has 0 spiro atoms. The number of hydrogen-bond acceptors (Lipinski definition) is 1. The summed E-state index contributed by atoms with van der Waals surface area (Å²) >= 11 is 0. The molecule has 1 heteroatoms. The average molecular weight is 594 g/mol. The highest BCUT2D eigenvalue weighted by Crippen LogP contribution is 2.57. The summed E-state index contributed by atoms with van der Waals surface area (Å²) in [5.74, 6) is 0. The first-order valence-electron chi connectivity index (χ1n) is 16.1. The van der Waals surface area contributed by atoms with Crippen LogP contribution in [0, 0.1) is 0 Å². The van der Waals surface area contributed by atoms with Crippen LogP contribution in [-0.4, -0.2) is 0 Å². The van der Waals surface area contributed by atoms with Gasteiger partial charge >= 0.3 is 0 Å². The van der Waals surface area contributed by atoms with E-state index in [9.17, 15) is 0 Å². The van der Waals surface area contributed by atoms with E-state index in [-0.39, 0.29) is 0 Å². The van der Waals surface area contributed by atoms with Crippen molar-refractivity contribution in [2.75, 3.05) is 4.90 Å². The third-order valence-electron chi connectivity index (χ3n) is 9.82. The van der Waals surface area contributed by atoms with Gasteiger partial charge in [-0.3, -0.25) is 0 Å². The van der Waals surface area contributed by atoms with E-state index in [0.717, 1.165) is 27.8 Å². The van der Waals surface area contributed by atoms with E-state index in [2.05, 4.69) is 174 Å². The van der Waals surface area contributed by atoms with Gasteiger partial charge in [0.2, 0.25) is 0 Å². The number of hydrogen-bond donors (Lipinski definition) is 0. The Balaban J connectivity index is 1.18. The number of anilines is 3. The van der Waals surface area contributed by atoms with Crippen LogP contribution in [0.5, 0.6) is 0 Å². The predicted octanol–water partition coefficient (Wildman–Crippen LogP) is 10.4. The molecule has 3 aliphatic carbocycles. The molecule has 0 amide bonds. The van der Waals surface area contributed by atoms with Crippen molar-refractivity contribution >= 4 is 28.4 Å². The van der Waals surface area contributed by atoms with Crippen molar-refractivity contribution in [2.24, 2.45) is 0 Å². The molecule has 0 saturated carbocycles. The summed E-state index contributed by atoms with van der Waals surface area (Å²) in [4.78, 5) is 2.37. The van der Waals surface area contributed by atoms with Gasteiger partial charge in [0.05, 0.1) is 0 Å². The molecule has 7 aromatic rings. The van der Waals surface area contributed by atoms with E-state index in [1.54, 1.807) is 0 Å². The summed E-state index contributed by atoms with van der Waals surface area (Å²) in [5.41, 5.74) is 25.1. The molecule has 6 bridgehead atoms. The van der Waals surface area contributed by atoms with Crippen LogP contribution in [0.4, 0.5) is 17.1 Å². The monoisotopic (exact) mass is 593 g/mol. The van der Waals surface area contributed by atoms with E-state index in [1.165, 1.54) is 66.4 Å². The third kappa shape index (κ3) is 3.86. The molecule has 7 aromatic carbocycles. The number of rotatable bonds is 4. The van der Waals surface area contributed by atoms with E-state index in [1.807, 2.05) is 6.08 Å². The highest BCUT2D eigenvalue weighted by molar-refractivity contribution is 6.15. The first-order valence-corrected chi connectivity index (χ1v) is 16.1. The second-order valence-corrected chi connectivity index (χ2v) is 12.3.